The van der Waals surface area contributed by atoms with Crippen molar-refractivity contribution < 1.29 is 14.4 Å². The van der Waals surface area contributed by atoms with Crippen molar-refractivity contribution in [1.82, 2.24) is 0 Å². The second-order valence-electron chi connectivity index (χ2n) is 5.78. The molecule has 0 spiro atoms. The van der Waals surface area contributed by atoms with Gasteiger partial charge in [0.1, 0.15) is 6.29 Å². The molecule has 0 bridgehead atoms. The Labute approximate surface area is 132 Å². The van der Waals surface area contributed by atoms with Crippen molar-refractivity contribution >= 4 is 39.7 Å². The van der Waals surface area contributed by atoms with Gasteiger partial charge in [-0.3, -0.25) is 14.5 Å². The Morgan fingerprint density at radius 2 is 1.90 bits per heavy atom. The topological polar surface area (TPSA) is 54.5 Å². The summed E-state index contributed by atoms with van der Waals surface area (Å²) in [7, 11) is 0. The van der Waals surface area contributed by atoms with Crippen LogP contribution in [0.1, 0.15) is 26.7 Å². The summed E-state index contributed by atoms with van der Waals surface area (Å²) in [6, 6.07) is 7.02. The maximum atomic E-state index is 12.5. The van der Waals surface area contributed by atoms with Crippen LogP contribution in [0.4, 0.5) is 5.69 Å². The van der Waals surface area contributed by atoms with Gasteiger partial charge in [0.2, 0.25) is 11.8 Å². The Balaban J connectivity index is 2.23. The molecule has 1 unspecified atom stereocenters. The van der Waals surface area contributed by atoms with E-state index < -0.39 is 5.92 Å². The minimum Gasteiger partial charge on any atom is -0.303 e. The van der Waals surface area contributed by atoms with Crippen LogP contribution in [0.25, 0.3) is 0 Å². The second kappa shape index (κ2) is 6.52. The van der Waals surface area contributed by atoms with Crippen molar-refractivity contribution in [3.05, 3.63) is 28.7 Å². The largest absolute Gasteiger partial charge is 0.303 e. The zero-order valence-corrected chi connectivity index (χ0v) is 13.7. The fourth-order valence-corrected chi connectivity index (χ4v) is 2.97. The van der Waals surface area contributed by atoms with Crippen molar-refractivity contribution in [2.75, 3.05) is 4.90 Å². The van der Waals surface area contributed by atoms with Crippen LogP contribution in [0.2, 0.25) is 0 Å². The first kappa shape index (κ1) is 15.9. The molecule has 1 aromatic carbocycles. The van der Waals surface area contributed by atoms with Crippen LogP contribution in [0, 0.1) is 17.8 Å². The van der Waals surface area contributed by atoms with Gasteiger partial charge in [-0.05, 0) is 36.6 Å². The van der Waals surface area contributed by atoms with Crippen molar-refractivity contribution in [2.24, 2.45) is 17.8 Å². The summed E-state index contributed by atoms with van der Waals surface area (Å²) in [5, 5.41) is 0. The maximum absolute atomic E-state index is 12.5. The first-order valence-corrected chi connectivity index (χ1v) is 7.81. The minimum atomic E-state index is -0.527. The van der Waals surface area contributed by atoms with Gasteiger partial charge < -0.3 is 4.79 Å². The highest BCUT2D eigenvalue weighted by molar-refractivity contribution is 9.10. The third-order valence-corrected chi connectivity index (χ3v) is 4.23. The molecule has 2 atom stereocenters. The number of rotatable bonds is 5. The Hall–Kier alpha value is -1.49. The van der Waals surface area contributed by atoms with Gasteiger partial charge in [-0.15, -0.1) is 0 Å². The van der Waals surface area contributed by atoms with Gasteiger partial charge in [0, 0.05) is 16.8 Å². The highest BCUT2D eigenvalue weighted by atomic mass is 79.9. The van der Waals surface area contributed by atoms with E-state index in [0.717, 1.165) is 10.8 Å². The Bertz CT molecular complexity index is 553. The summed E-state index contributed by atoms with van der Waals surface area (Å²) in [4.78, 5) is 37.2. The predicted octanol–water partition coefficient (Wildman–Crippen LogP) is 3.19. The third kappa shape index (κ3) is 3.40. The van der Waals surface area contributed by atoms with Crippen molar-refractivity contribution in [2.45, 2.75) is 26.7 Å². The molecule has 1 heterocycles. The fraction of sp³-hybridized carbons (Fsp3) is 0.438. The van der Waals surface area contributed by atoms with Crippen LogP contribution in [-0.2, 0) is 14.4 Å². The molecule has 1 aliphatic heterocycles. The molecule has 0 aromatic heterocycles. The number of nitrogens with zero attached hydrogens (tertiary/aromatic N) is 1. The molecule has 0 saturated carbocycles. The summed E-state index contributed by atoms with van der Waals surface area (Å²) in [5.74, 6) is -1.10. The number of carbonyl (C=O) groups is 3. The van der Waals surface area contributed by atoms with E-state index in [0.29, 0.717) is 18.0 Å². The van der Waals surface area contributed by atoms with Crippen LogP contribution in [-0.4, -0.2) is 18.1 Å². The molecule has 5 heteroatoms. The van der Waals surface area contributed by atoms with Crippen molar-refractivity contribution in [3.8, 4) is 0 Å². The Morgan fingerprint density at radius 3 is 2.43 bits per heavy atom. The number of hydrogen-bond donors (Lipinski definition) is 0. The molecule has 2 rings (SSSR count). The molecule has 0 radical (unpaired) electrons. The molecule has 4 nitrogen and oxygen atoms in total. The summed E-state index contributed by atoms with van der Waals surface area (Å²) in [6.07, 6.45) is 1.56. The Kier molecular flexibility index (Phi) is 4.93. The molecular weight excluding hydrogens is 334 g/mol. The van der Waals surface area contributed by atoms with Crippen LogP contribution in [0.3, 0.4) is 0 Å². The number of aldehydes is 1. The van der Waals surface area contributed by atoms with E-state index in [-0.39, 0.29) is 24.2 Å². The van der Waals surface area contributed by atoms with Crippen molar-refractivity contribution in [3.63, 3.8) is 0 Å². The number of amides is 2. The van der Waals surface area contributed by atoms with E-state index in [4.69, 9.17) is 0 Å². The lowest BCUT2D eigenvalue weighted by atomic mass is 9.85. The maximum Gasteiger partial charge on any atom is 0.238 e. The number of halogens is 1. The highest BCUT2D eigenvalue weighted by Crippen LogP contribution is 2.33. The van der Waals surface area contributed by atoms with Crippen LogP contribution in [0.15, 0.2) is 28.7 Å². The van der Waals surface area contributed by atoms with Gasteiger partial charge in [-0.25, -0.2) is 0 Å². The molecule has 112 valence electrons. The van der Waals surface area contributed by atoms with E-state index in [1.54, 1.807) is 24.3 Å². The third-order valence-electron chi connectivity index (χ3n) is 3.70. The fourth-order valence-electron chi connectivity index (χ4n) is 2.71. The van der Waals surface area contributed by atoms with Gasteiger partial charge in [-0.2, -0.15) is 0 Å². The van der Waals surface area contributed by atoms with E-state index in [1.807, 2.05) is 13.8 Å². The standard InChI is InChI=1S/C16H18BrNO3/c1-10(2)7-11(9-19)14-8-15(20)18(16(14)21)13-5-3-12(17)4-6-13/h3-6,9-11,14H,7-8H2,1-2H3/t11?,14-/m0/s1. The highest BCUT2D eigenvalue weighted by Gasteiger charge is 2.43. The molecule has 1 aromatic rings. The van der Waals surface area contributed by atoms with Gasteiger partial charge in [-0.1, -0.05) is 29.8 Å². The first-order valence-electron chi connectivity index (χ1n) is 7.01. The Morgan fingerprint density at radius 1 is 1.29 bits per heavy atom. The second-order valence-corrected chi connectivity index (χ2v) is 6.70. The quantitative estimate of drug-likeness (QED) is 0.604. The molecule has 2 amide bonds. The predicted molar refractivity (Wildman–Crippen MR) is 83.8 cm³/mol. The summed E-state index contributed by atoms with van der Waals surface area (Å²) >= 11 is 3.32. The normalized spacial score (nSPS) is 20.2. The van der Waals surface area contributed by atoms with Gasteiger partial charge in [0.15, 0.2) is 0 Å². The van der Waals surface area contributed by atoms with Crippen LogP contribution >= 0.6 is 15.9 Å². The van der Waals surface area contributed by atoms with E-state index in [9.17, 15) is 14.4 Å². The molecule has 0 aliphatic carbocycles. The molecule has 1 fully saturated rings. The number of carbonyl (C=O) groups excluding carboxylic acids is 3. The summed E-state index contributed by atoms with van der Waals surface area (Å²) in [6.45, 7) is 4.01. The zero-order chi connectivity index (χ0) is 15.6. The molecule has 0 N–H and O–H groups in total. The van der Waals surface area contributed by atoms with Crippen LogP contribution < -0.4 is 4.90 Å². The number of hydrogen-bond acceptors (Lipinski definition) is 3. The molecule has 21 heavy (non-hydrogen) atoms. The lowest BCUT2D eigenvalue weighted by molar-refractivity contribution is -0.126. The monoisotopic (exact) mass is 351 g/mol. The molecule has 1 saturated heterocycles. The van der Waals surface area contributed by atoms with Crippen LogP contribution in [0.5, 0.6) is 0 Å². The average molecular weight is 352 g/mol. The molecule has 1 aliphatic rings. The van der Waals surface area contributed by atoms with Gasteiger partial charge in [0.05, 0.1) is 11.6 Å². The molecular formula is C16H18BrNO3. The van der Waals surface area contributed by atoms with E-state index in [2.05, 4.69) is 15.9 Å². The first-order chi connectivity index (χ1) is 9.93. The lowest BCUT2D eigenvalue weighted by Gasteiger charge is -2.19. The summed E-state index contributed by atoms with van der Waals surface area (Å²) < 4.78 is 0.882. The zero-order valence-electron chi connectivity index (χ0n) is 12.1. The SMILES string of the molecule is CC(C)CC(C=O)[C@@H]1CC(=O)N(c2ccc(Br)cc2)C1=O. The van der Waals surface area contributed by atoms with Gasteiger partial charge in [0.25, 0.3) is 0 Å². The van der Waals surface area contributed by atoms with E-state index in [1.165, 1.54) is 4.90 Å². The van der Waals surface area contributed by atoms with Crippen molar-refractivity contribution in [1.29, 1.82) is 0 Å². The average Bonchev–Trinajstić information content (AvgIpc) is 2.72. The smallest absolute Gasteiger partial charge is 0.238 e. The number of anilines is 1. The summed E-state index contributed by atoms with van der Waals surface area (Å²) in [5.41, 5.74) is 0.560. The van der Waals surface area contributed by atoms with E-state index >= 15 is 0 Å². The number of imide groups is 1. The minimum absolute atomic E-state index is 0.116. The number of benzene rings is 1. The van der Waals surface area contributed by atoms with Gasteiger partial charge >= 0.3 is 0 Å². The lowest BCUT2D eigenvalue weighted by Crippen LogP contribution is -2.32.